The highest BCUT2D eigenvalue weighted by atomic mass is 35.5. The SMILES string of the molecule is CCn1nc(C(=O)N/N=C/c2c(C)nn(Cc3ccc(Cl)cc3)c2Cl)c2ccccc2c1=O. The summed E-state index contributed by atoms with van der Waals surface area (Å²) in [4.78, 5) is 25.3. The number of aromatic nitrogens is 4. The van der Waals surface area contributed by atoms with Gasteiger partial charge in [0.15, 0.2) is 5.69 Å². The van der Waals surface area contributed by atoms with Crippen LogP contribution in [0.15, 0.2) is 58.4 Å². The summed E-state index contributed by atoms with van der Waals surface area (Å²) < 4.78 is 2.90. The van der Waals surface area contributed by atoms with Gasteiger partial charge in [-0.2, -0.15) is 15.3 Å². The highest BCUT2D eigenvalue weighted by Crippen LogP contribution is 2.20. The fourth-order valence-corrected chi connectivity index (χ4v) is 3.82. The number of amides is 1. The molecule has 2 heterocycles. The van der Waals surface area contributed by atoms with E-state index in [-0.39, 0.29) is 11.3 Å². The minimum absolute atomic E-state index is 0.116. The molecule has 0 atom stereocenters. The fourth-order valence-electron chi connectivity index (χ4n) is 3.41. The van der Waals surface area contributed by atoms with Crippen molar-refractivity contribution in [2.45, 2.75) is 26.9 Å². The van der Waals surface area contributed by atoms with E-state index in [4.69, 9.17) is 23.2 Å². The van der Waals surface area contributed by atoms with Gasteiger partial charge in [0.2, 0.25) is 0 Å². The normalized spacial score (nSPS) is 11.4. The Morgan fingerprint density at radius 3 is 2.45 bits per heavy atom. The smallest absolute Gasteiger partial charge is 0.267 e. The second-order valence-electron chi connectivity index (χ2n) is 7.29. The first kappa shape index (κ1) is 22.7. The van der Waals surface area contributed by atoms with E-state index in [2.05, 4.69) is 20.7 Å². The predicted octanol–water partition coefficient (Wildman–Crippen LogP) is 4.04. The van der Waals surface area contributed by atoms with Crippen LogP contribution in [0.5, 0.6) is 0 Å². The van der Waals surface area contributed by atoms with E-state index >= 15 is 0 Å². The maximum Gasteiger partial charge on any atom is 0.292 e. The summed E-state index contributed by atoms with van der Waals surface area (Å²) in [6, 6.07) is 14.3. The number of rotatable bonds is 6. The Balaban J connectivity index is 1.56. The maximum absolute atomic E-state index is 12.8. The van der Waals surface area contributed by atoms with E-state index < -0.39 is 5.91 Å². The average molecular weight is 483 g/mol. The van der Waals surface area contributed by atoms with Crippen LogP contribution in [0.4, 0.5) is 0 Å². The molecule has 0 saturated heterocycles. The van der Waals surface area contributed by atoms with Crippen LogP contribution < -0.4 is 11.0 Å². The van der Waals surface area contributed by atoms with Gasteiger partial charge in [-0.1, -0.05) is 53.5 Å². The van der Waals surface area contributed by atoms with Crippen molar-refractivity contribution in [3.8, 4) is 0 Å². The van der Waals surface area contributed by atoms with Crippen LogP contribution in [0, 0.1) is 6.92 Å². The first-order chi connectivity index (χ1) is 15.9. The van der Waals surface area contributed by atoms with Crippen molar-refractivity contribution in [1.82, 2.24) is 25.0 Å². The number of benzene rings is 2. The minimum atomic E-state index is -0.535. The van der Waals surface area contributed by atoms with Gasteiger partial charge in [-0.05, 0) is 37.6 Å². The van der Waals surface area contributed by atoms with E-state index in [0.29, 0.717) is 45.3 Å². The lowest BCUT2D eigenvalue weighted by molar-refractivity contribution is 0.0949. The molecule has 1 amide bonds. The Labute approximate surface area is 199 Å². The number of hydrazone groups is 1. The summed E-state index contributed by atoms with van der Waals surface area (Å²) in [5.41, 5.74) is 4.58. The molecule has 8 nitrogen and oxygen atoms in total. The van der Waals surface area contributed by atoms with E-state index in [1.165, 1.54) is 10.9 Å². The molecule has 2 aromatic carbocycles. The topological polar surface area (TPSA) is 94.2 Å². The number of halogens is 2. The van der Waals surface area contributed by atoms with Gasteiger partial charge in [0.1, 0.15) is 5.15 Å². The number of hydrogen-bond acceptors (Lipinski definition) is 5. The van der Waals surface area contributed by atoms with Crippen LogP contribution in [0.3, 0.4) is 0 Å². The zero-order valence-corrected chi connectivity index (χ0v) is 19.4. The van der Waals surface area contributed by atoms with Crippen molar-refractivity contribution in [3.63, 3.8) is 0 Å². The second kappa shape index (κ2) is 9.56. The van der Waals surface area contributed by atoms with Gasteiger partial charge in [-0.3, -0.25) is 9.59 Å². The minimum Gasteiger partial charge on any atom is -0.267 e. The standard InChI is InChI=1S/C23H20Cl2N6O2/c1-3-30-23(33)18-7-5-4-6-17(18)20(29-30)22(32)27-26-12-19-14(2)28-31(21(19)25)13-15-8-10-16(24)11-9-15/h4-12H,3,13H2,1-2H3,(H,27,32)/b26-12+. The average Bonchev–Trinajstić information content (AvgIpc) is 3.08. The van der Waals surface area contributed by atoms with Gasteiger partial charge in [0.25, 0.3) is 11.5 Å². The van der Waals surface area contributed by atoms with Crippen molar-refractivity contribution in [3.05, 3.63) is 91.6 Å². The molecule has 0 radical (unpaired) electrons. The second-order valence-corrected chi connectivity index (χ2v) is 8.08. The van der Waals surface area contributed by atoms with Gasteiger partial charge in [-0.25, -0.2) is 14.8 Å². The highest BCUT2D eigenvalue weighted by Gasteiger charge is 2.16. The largest absolute Gasteiger partial charge is 0.292 e. The molecule has 0 bridgehead atoms. The van der Waals surface area contributed by atoms with Crippen LogP contribution >= 0.6 is 23.2 Å². The summed E-state index contributed by atoms with van der Waals surface area (Å²) in [6.07, 6.45) is 1.44. The van der Waals surface area contributed by atoms with E-state index in [0.717, 1.165) is 5.56 Å². The number of hydrogen-bond donors (Lipinski definition) is 1. The van der Waals surface area contributed by atoms with E-state index in [9.17, 15) is 9.59 Å². The van der Waals surface area contributed by atoms with Gasteiger partial charge < -0.3 is 0 Å². The molecule has 1 N–H and O–H groups in total. The monoisotopic (exact) mass is 482 g/mol. The first-order valence-corrected chi connectivity index (χ1v) is 10.9. The summed E-state index contributed by atoms with van der Waals surface area (Å²) in [7, 11) is 0. The van der Waals surface area contributed by atoms with Crippen LogP contribution in [0.25, 0.3) is 10.8 Å². The van der Waals surface area contributed by atoms with Gasteiger partial charge in [0, 0.05) is 17.0 Å². The van der Waals surface area contributed by atoms with Crippen molar-refractivity contribution in [2.75, 3.05) is 0 Å². The maximum atomic E-state index is 12.8. The Hall–Kier alpha value is -3.49. The number of carbonyl (C=O) groups is 1. The summed E-state index contributed by atoms with van der Waals surface area (Å²) >= 11 is 12.4. The molecule has 33 heavy (non-hydrogen) atoms. The predicted molar refractivity (Wildman–Crippen MR) is 129 cm³/mol. The summed E-state index contributed by atoms with van der Waals surface area (Å²) in [5.74, 6) is -0.535. The van der Waals surface area contributed by atoms with E-state index in [1.54, 1.807) is 54.9 Å². The molecule has 0 unspecified atom stereocenters. The van der Waals surface area contributed by atoms with Crippen molar-refractivity contribution < 1.29 is 4.79 Å². The van der Waals surface area contributed by atoms with Gasteiger partial charge in [0.05, 0.1) is 29.4 Å². The van der Waals surface area contributed by atoms with E-state index in [1.807, 2.05) is 12.1 Å². The third-order valence-corrected chi connectivity index (χ3v) is 5.75. The quantitative estimate of drug-likeness (QED) is 0.331. The Morgan fingerprint density at radius 1 is 1.06 bits per heavy atom. The van der Waals surface area contributed by atoms with Gasteiger partial charge in [-0.15, -0.1) is 0 Å². The fraction of sp³-hybridized carbons (Fsp3) is 0.174. The molecule has 0 saturated carbocycles. The number of nitrogens with zero attached hydrogens (tertiary/aromatic N) is 5. The number of aryl methyl sites for hydroxylation is 2. The summed E-state index contributed by atoms with van der Waals surface area (Å²) in [5, 5.41) is 14.6. The third kappa shape index (κ3) is 4.67. The highest BCUT2D eigenvalue weighted by molar-refractivity contribution is 6.32. The number of carbonyl (C=O) groups excluding carboxylic acids is 1. The molecule has 0 aliphatic carbocycles. The summed E-state index contributed by atoms with van der Waals surface area (Å²) in [6.45, 7) is 4.40. The van der Waals surface area contributed by atoms with Crippen LogP contribution in [0.2, 0.25) is 10.2 Å². The lowest BCUT2D eigenvalue weighted by Crippen LogP contribution is -2.28. The van der Waals surface area contributed by atoms with Crippen LogP contribution in [-0.2, 0) is 13.1 Å². The molecule has 4 aromatic rings. The molecular formula is C23H20Cl2N6O2. The molecular weight excluding hydrogens is 463 g/mol. The van der Waals surface area contributed by atoms with Crippen molar-refractivity contribution in [2.24, 2.45) is 5.10 Å². The number of nitrogens with one attached hydrogen (secondary N) is 1. The Kier molecular flexibility index (Phi) is 6.57. The zero-order valence-electron chi connectivity index (χ0n) is 17.9. The van der Waals surface area contributed by atoms with Crippen LogP contribution in [-0.4, -0.2) is 31.7 Å². The third-order valence-electron chi connectivity index (χ3n) is 5.10. The molecule has 10 heteroatoms. The molecule has 0 aliphatic heterocycles. The molecule has 2 aromatic heterocycles. The molecule has 0 spiro atoms. The van der Waals surface area contributed by atoms with Gasteiger partial charge >= 0.3 is 0 Å². The Bertz CT molecular complexity index is 1420. The Morgan fingerprint density at radius 2 is 1.76 bits per heavy atom. The molecule has 0 fully saturated rings. The first-order valence-electron chi connectivity index (χ1n) is 10.2. The van der Waals surface area contributed by atoms with Crippen molar-refractivity contribution in [1.29, 1.82) is 0 Å². The molecule has 0 aliphatic rings. The van der Waals surface area contributed by atoms with Crippen molar-refractivity contribution >= 4 is 46.1 Å². The zero-order chi connectivity index (χ0) is 23.5. The molecule has 4 rings (SSSR count). The molecule has 168 valence electrons. The lowest BCUT2D eigenvalue weighted by atomic mass is 10.1. The number of fused-ring (bicyclic) bond motifs is 1. The lowest BCUT2D eigenvalue weighted by Gasteiger charge is -2.08. The van der Waals surface area contributed by atoms with Crippen LogP contribution in [0.1, 0.15) is 34.2 Å².